The number of aliphatic hydroxyl groups is 1. The van der Waals surface area contributed by atoms with Gasteiger partial charge in [0.25, 0.3) is 0 Å². The summed E-state index contributed by atoms with van der Waals surface area (Å²) in [5, 5.41) is 14.6. The third-order valence-corrected chi connectivity index (χ3v) is 3.81. The average molecular weight is 312 g/mol. The minimum absolute atomic E-state index is 0.0641. The molecule has 0 radical (unpaired) electrons. The number of benzene rings is 2. The Morgan fingerprint density at radius 1 is 0.957 bits per heavy atom. The van der Waals surface area contributed by atoms with Crippen molar-refractivity contribution < 1.29 is 14.3 Å². The molecule has 118 valence electrons. The largest absolute Gasteiger partial charge is 0.394 e. The maximum Gasteiger partial charge on any atom is 0.243 e. The Kier molecular flexibility index (Phi) is 4.48. The summed E-state index contributed by atoms with van der Waals surface area (Å²) in [7, 11) is 0. The fraction of sp³-hybridized carbons (Fsp3) is 0.222. The lowest BCUT2D eigenvalue weighted by atomic mass is 9.99. The molecule has 0 aromatic heterocycles. The van der Waals surface area contributed by atoms with Crippen molar-refractivity contribution in [3.05, 3.63) is 59.9 Å². The molecule has 0 atom stereocenters. The number of nitrogens with zero attached hydrogens (tertiary/aromatic N) is 2. The molecule has 0 aliphatic carbocycles. The van der Waals surface area contributed by atoms with E-state index in [0.29, 0.717) is 12.8 Å². The molecule has 2 aromatic rings. The molecule has 2 aromatic carbocycles. The highest BCUT2D eigenvalue weighted by Crippen LogP contribution is 2.22. The van der Waals surface area contributed by atoms with Gasteiger partial charge in [0, 0.05) is 12.8 Å². The van der Waals surface area contributed by atoms with Crippen molar-refractivity contribution in [3.8, 4) is 11.1 Å². The van der Waals surface area contributed by atoms with Gasteiger partial charge in [-0.25, -0.2) is 9.40 Å². The zero-order valence-corrected chi connectivity index (χ0v) is 12.6. The van der Waals surface area contributed by atoms with Crippen LogP contribution in [-0.2, 0) is 4.79 Å². The van der Waals surface area contributed by atoms with E-state index in [4.69, 9.17) is 5.11 Å². The maximum atomic E-state index is 13.0. The van der Waals surface area contributed by atoms with Gasteiger partial charge < -0.3 is 5.11 Å². The molecule has 1 heterocycles. The zero-order chi connectivity index (χ0) is 16.2. The topological polar surface area (TPSA) is 52.9 Å². The van der Waals surface area contributed by atoms with Crippen LogP contribution in [-0.4, -0.2) is 34.9 Å². The summed E-state index contributed by atoms with van der Waals surface area (Å²) >= 11 is 0. The van der Waals surface area contributed by atoms with Crippen LogP contribution in [0.5, 0.6) is 0 Å². The molecule has 0 fully saturated rings. The van der Waals surface area contributed by atoms with E-state index in [9.17, 15) is 9.18 Å². The highest BCUT2D eigenvalue weighted by atomic mass is 19.1. The van der Waals surface area contributed by atoms with E-state index in [0.717, 1.165) is 22.4 Å². The van der Waals surface area contributed by atoms with E-state index in [1.165, 1.54) is 17.1 Å². The average Bonchev–Trinajstić information content (AvgIpc) is 2.58. The highest BCUT2D eigenvalue weighted by Gasteiger charge is 2.20. The fourth-order valence-corrected chi connectivity index (χ4v) is 2.57. The first-order chi connectivity index (χ1) is 11.2. The van der Waals surface area contributed by atoms with E-state index in [1.807, 2.05) is 24.3 Å². The van der Waals surface area contributed by atoms with E-state index in [1.54, 1.807) is 12.1 Å². The molecule has 0 saturated carbocycles. The minimum Gasteiger partial charge on any atom is -0.394 e. The first-order valence-electron chi connectivity index (χ1n) is 7.52. The lowest BCUT2D eigenvalue weighted by Gasteiger charge is -2.23. The van der Waals surface area contributed by atoms with Crippen LogP contribution < -0.4 is 0 Å². The van der Waals surface area contributed by atoms with Crippen molar-refractivity contribution >= 4 is 11.6 Å². The van der Waals surface area contributed by atoms with Crippen LogP contribution in [0.1, 0.15) is 18.4 Å². The number of amides is 1. The normalized spacial score (nSPS) is 14.8. The Morgan fingerprint density at radius 2 is 1.52 bits per heavy atom. The Labute approximate surface area is 133 Å². The van der Waals surface area contributed by atoms with Gasteiger partial charge in [0.05, 0.1) is 18.9 Å². The van der Waals surface area contributed by atoms with Gasteiger partial charge in [-0.1, -0.05) is 36.4 Å². The molecular weight excluding hydrogens is 295 g/mol. The molecule has 1 amide bonds. The molecule has 0 unspecified atom stereocenters. The molecule has 1 aliphatic rings. The van der Waals surface area contributed by atoms with Crippen molar-refractivity contribution in [3.63, 3.8) is 0 Å². The number of β-amino-alcohol motifs (C(OH)–C–C–N with tert-alkyl or cyclic N) is 1. The molecule has 1 N–H and O–H groups in total. The number of hydrogen-bond acceptors (Lipinski definition) is 3. The van der Waals surface area contributed by atoms with Gasteiger partial charge in [-0.05, 0) is 28.8 Å². The maximum absolute atomic E-state index is 13.0. The lowest BCUT2D eigenvalue weighted by molar-refractivity contribution is -0.132. The van der Waals surface area contributed by atoms with E-state index >= 15 is 0 Å². The summed E-state index contributed by atoms with van der Waals surface area (Å²) in [4.78, 5) is 11.7. The second-order valence-electron chi connectivity index (χ2n) is 5.37. The number of halogens is 1. The molecule has 0 bridgehead atoms. The van der Waals surface area contributed by atoms with Gasteiger partial charge >= 0.3 is 0 Å². The van der Waals surface area contributed by atoms with Crippen LogP contribution in [0.25, 0.3) is 11.1 Å². The van der Waals surface area contributed by atoms with Gasteiger partial charge in [0.2, 0.25) is 5.91 Å². The van der Waals surface area contributed by atoms with Crippen molar-refractivity contribution in [2.45, 2.75) is 12.8 Å². The summed E-state index contributed by atoms with van der Waals surface area (Å²) in [5.74, 6) is -0.318. The Hall–Kier alpha value is -2.53. The third-order valence-electron chi connectivity index (χ3n) is 3.81. The van der Waals surface area contributed by atoms with Crippen LogP contribution in [0.4, 0.5) is 4.39 Å². The van der Waals surface area contributed by atoms with Gasteiger partial charge in [0.1, 0.15) is 5.82 Å². The minimum atomic E-state index is -0.254. The number of rotatable bonds is 4. The molecular formula is C18H17FN2O2. The van der Waals surface area contributed by atoms with Gasteiger partial charge in [0.15, 0.2) is 0 Å². The molecule has 5 heteroatoms. The molecule has 1 aliphatic heterocycles. The number of hydrazone groups is 1. The number of carbonyl (C=O) groups is 1. The first-order valence-corrected chi connectivity index (χ1v) is 7.52. The van der Waals surface area contributed by atoms with Gasteiger partial charge in [-0.2, -0.15) is 5.10 Å². The van der Waals surface area contributed by atoms with Crippen molar-refractivity contribution in [1.29, 1.82) is 0 Å². The molecule has 3 rings (SSSR count). The summed E-state index contributed by atoms with van der Waals surface area (Å²) in [6.45, 7) is 0.113. The van der Waals surface area contributed by atoms with Crippen LogP contribution in [0.15, 0.2) is 53.6 Å². The quantitative estimate of drug-likeness (QED) is 0.944. The highest BCUT2D eigenvalue weighted by molar-refractivity contribution is 6.04. The Bertz CT molecular complexity index is 724. The standard InChI is InChI=1S/C18H17FN2O2/c19-16-7-5-14(6-8-16)13-1-3-15(4-2-13)17-9-10-18(23)21(20-17)11-12-22/h1-8,22H,9-12H2. The van der Waals surface area contributed by atoms with Crippen molar-refractivity contribution in [2.24, 2.45) is 5.10 Å². The van der Waals surface area contributed by atoms with Crippen LogP contribution in [0.2, 0.25) is 0 Å². The van der Waals surface area contributed by atoms with Crippen molar-refractivity contribution in [1.82, 2.24) is 5.01 Å². The van der Waals surface area contributed by atoms with E-state index in [-0.39, 0.29) is 24.9 Å². The fourth-order valence-electron chi connectivity index (χ4n) is 2.57. The monoisotopic (exact) mass is 312 g/mol. The molecule has 23 heavy (non-hydrogen) atoms. The second-order valence-corrected chi connectivity index (χ2v) is 5.37. The molecule has 4 nitrogen and oxygen atoms in total. The Balaban J connectivity index is 1.83. The number of aliphatic hydroxyl groups excluding tert-OH is 1. The van der Waals surface area contributed by atoms with Crippen molar-refractivity contribution in [2.75, 3.05) is 13.2 Å². The second kappa shape index (κ2) is 6.71. The Morgan fingerprint density at radius 3 is 2.13 bits per heavy atom. The van der Waals surface area contributed by atoms with Crippen LogP contribution >= 0.6 is 0 Å². The summed E-state index contributed by atoms with van der Waals surface area (Å²) in [6, 6.07) is 14.2. The molecule has 0 spiro atoms. The van der Waals surface area contributed by atoms with E-state index < -0.39 is 0 Å². The van der Waals surface area contributed by atoms with Gasteiger partial charge in [-0.3, -0.25) is 4.79 Å². The smallest absolute Gasteiger partial charge is 0.243 e. The number of hydrogen-bond donors (Lipinski definition) is 1. The summed E-state index contributed by atoms with van der Waals surface area (Å²) in [5.41, 5.74) is 3.73. The zero-order valence-electron chi connectivity index (χ0n) is 12.6. The number of carbonyl (C=O) groups excluding carboxylic acids is 1. The summed E-state index contributed by atoms with van der Waals surface area (Å²) in [6.07, 6.45) is 0.995. The van der Waals surface area contributed by atoms with Crippen LogP contribution in [0.3, 0.4) is 0 Å². The van der Waals surface area contributed by atoms with E-state index in [2.05, 4.69) is 5.10 Å². The summed E-state index contributed by atoms with van der Waals surface area (Å²) < 4.78 is 13.0. The third kappa shape index (κ3) is 3.46. The predicted molar refractivity (Wildman–Crippen MR) is 86.4 cm³/mol. The molecule has 0 saturated heterocycles. The van der Waals surface area contributed by atoms with Gasteiger partial charge in [-0.15, -0.1) is 0 Å². The SMILES string of the molecule is O=C1CCC(c2ccc(-c3ccc(F)cc3)cc2)=NN1CCO. The predicted octanol–water partition coefficient (Wildman–Crippen LogP) is 2.81. The lowest BCUT2D eigenvalue weighted by Crippen LogP contribution is -2.34. The van der Waals surface area contributed by atoms with Crippen LogP contribution in [0, 0.1) is 5.82 Å². The first kappa shape index (κ1) is 15.4.